The van der Waals surface area contributed by atoms with E-state index in [9.17, 15) is 14.9 Å². The largest absolute Gasteiger partial charge is 0.353 e. The summed E-state index contributed by atoms with van der Waals surface area (Å²) in [7, 11) is 3.98. The zero-order valence-corrected chi connectivity index (χ0v) is 16.0. The molecule has 6 nitrogen and oxygen atoms in total. The van der Waals surface area contributed by atoms with Crippen LogP contribution >= 0.6 is 23.1 Å². The SMILES string of the molecule is CC(Sc1ccc([N+](=O)[O-])cc1)C(=O)NCC(c1cccs1)N(C)C. The number of hydrogen-bond acceptors (Lipinski definition) is 6. The Morgan fingerprint density at radius 3 is 2.52 bits per heavy atom. The third-order valence-electron chi connectivity index (χ3n) is 3.69. The highest BCUT2D eigenvalue weighted by Crippen LogP contribution is 2.26. The van der Waals surface area contributed by atoms with Gasteiger partial charge >= 0.3 is 0 Å². The Labute approximate surface area is 155 Å². The first-order valence-corrected chi connectivity index (χ1v) is 9.53. The van der Waals surface area contributed by atoms with Crippen molar-refractivity contribution in [1.29, 1.82) is 0 Å². The van der Waals surface area contributed by atoms with Crippen LogP contribution in [0.15, 0.2) is 46.7 Å². The second-order valence-corrected chi connectivity index (χ2v) is 8.14. The van der Waals surface area contributed by atoms with Gasteiger partial charge in [-0.05, 0) is 44.6 Å². The van der Waals surface area contributed by atoms with E-state index in [1.165, 1.54) is 28.8 Å². The fraction of sp³-hybridized carbons (Fsp3) is 0.353. The molecule has 1 N–H and O–H groups in total. The highest BCUT2D eigenvalue weighted by Gasteiger charge is 2.19. The molecule has 1 heterocycles. The lowest BCUT2D eigenvalue weighted by Crippen LogP contribution is -2.37. The van der Waals surface area contributed by atoms with Gasteiger partial charge in [-0.2, -0.15) is 0 Å². The summed E-state index contributed by atoms with van der Waals surface area (Å²) in [5.41, 5.74) is 0.0474. The second kappa shape index (κ2) is 8.98. The molecular weight excluding hydrogens is 358 g/mol. The topological polar surface area (TPSA) is 75.5 Å². The number of thioether (sulfide) groups is 1. The maximum Gasteiger partial charge on any atom is 0.269 e. The van der Waals surface area contributed by atoms with Gasteiger partial charge in [-0.15, -0.1) is 23.1 Å². The molecule has 0 aliphatic heterocycles. The fourth-order valence-corrected chi connectivity index (χ4v) is 4.08. The van der Waals surface area contributed by atoms with Gasteiger partial charge in [-0.1, -0.05) is 6.07 Å². The molecule has 0 saturated heterocycles. The lowest BCUT2D eigenvalue weighted by Gasteiger charge is -2.24. The highest BCUT2D eigenvalue weighted by atomic mass is 32.2. The smallest absolute Gasteiger partial charge is 0.269 e. The van der Waals surface area contributed by atoms with Crippen molar-refractivity contribution >= 4 is 34.7 Å². The van der Waals surface area contributed by atoms with Crippen LogP contribution in [0.3, 0.4) is 0 Å². The Balaban J connectivity index is 1.90. The fourth-order valence-electron chi connectivity index (χ4n) is 2.26. The van der Waals surface area contributed by atoms with Gasteiger partial charge in [0.15, 0.2) is 0 Å². The molecule has 1 aromatic carbocycles. The molecule has 0 fully saturated rings. The Bertz CT molecular complexity index is 702. The van der Waals surface area contributed by atoms with Crippen molar-refractivity contribution < 1.29 is 9.72 Å². The number of nitro groups is 1. The van der Waals surface area contributed by atoms with Gasteiger partial charge in [0.1, 0.15) is 0 Å². The quantitative estimate of drug-likeness (QED) is 0.431. The van der Waals surface area contributed by atoms with E-state index in [1.54, 1.807) is 23.5 Å². The van der Waals surface area contributed by atoms with E-state index in [2.05, 4.69) is 16.3 Å². The zero-order chi connectivity index (χ0) is 18.4. The summed E-state index contributed by atoms with van der Waals surface area (Å²) in [4.78, 5) is 26.7. The van der Waals surface area contributed by atoms with E-state index in [1.807, 2.05) is 32.5 Å². The van der Waals surface area contributed by atoms with Crippen LogP contribution in [0.2, 0.25) is 0 Å². The number of nitro benzene ring substituents is 1. The van der Waals surface area contributed by atoms with E-state index in [-0.39, 0.29) is 22.9 Å². The van der Waals surface area contributed by atoms with Gasteiger partial charge in [-0.25, -0.2) is 0 Å². The first-order chi connectivity index (χ1) is 11.9. The van der Waals surface area contributed by atoms with Gasteiger partial charge < -0.3 is 10.2 Å². The van der Waals surface area contributed by atoms with Crippen LogP contribution in [0.5, 0.6) is 0 Å². The van der Waals surface area contributed by atoms with Crippen LogP contribution in [0.1, 0.15) is 17.8 Å². The van der Waals surface area contributed by atoms with Crippen molar-refractivity contribution in [3.63, 3.8) is 0 Å². The number of carbonyl (C=O) groups excluding carboxylic acids is 1. The summed E-state index contributed by atoms with van der Waals surface area (Å²) >= 11 is 3.06. The number of benzene rings is 1. The molecule has 2 rings (SSSR count). The lowest BCUT2D eigenvalue weighted by molar-refractivity contribution is -0.384. The minimum atomic E-state index is -0.434. The number of likely N-dealkylation sites (N-methyl/N-ethyl adjacent to an activating group) is 1. The number of thiophene rings is 1. The van der Waals surface area contributed by atoms with Crippen LogP contribution < -0.4 is 5.32 Å². The number of non-ortho nitro benzene ring substituents is 1. The summed E-state index contributed by atoms with van der Waals surface area (Å²) in [6.07, 6.45) is 0. The minimum absolute atomic E-state index is 0.0474. The summed E-state index contributed by atoms with van der Waals surface area (Å²) in [6, 6.07) is 10.4. The molecule has 0 radical (unpaired) electrons. The third kappa shape index (κ3) is 5.55. The monoisotopic (exact) mass is 379 g/mol. The summed E-state index contributed by atoms with van der Waals surface area (Å²) < 4.78 is 0. The van der Waals surface area contributed by atoms with E-state index in [0.717, 1.165) is 4.90 Å². The van der Waals surface area contributed by atoms with Crippen LogP contribution in [0, 0.1) is 10.1 Å². The highest BCUT2D eigenvalue weighted by molar-refractivity contribution is 8.00. The van der Waals surface area contributed by atoms with Crippen molar-refractivity contribution in [2.24, 2.45) is 0 Å². The average Bonchev–Trinajstić information content (AvgIpc) is 3.09. The van der Waals surface area contributed by atoms with E-state index in [4.69, 9.17) is 0 Å². The number of nitrogens with zero attached hydrogens (tertiary/aromatic N) is 2. The first kappa shape index (κ1) is 19.4. The standard InChI is InChI=1S/C17H21N3O3S2/c1-12(25-14-8-6-13(7-9-14)20(22)23)17(21)18-11-15(19(2)3)16-5-4-10-24-16/h4-10,12,15H,11H2,1-3H3,(H,18,21). The molecule has 25 heavy (non-hydrogen) atoms. The molecule has 0 spiro atoms. The Hall–Kier alpha value is -1.90. The van der Waals surface area contributed by atoms with Crippen molar-refractivity contribution in [3.05, 3.63) is 56.8 Å². The predicted molar refractivity (Wildman–Crippen MR) is 102 cm³/mol. The number of carbonyl (C=O) groups is 1. The molecule has 1 aromatic heterocycles. The maximum absolute atomic E-state index is 12.4. The van der Waals surface area contributed by atoms with E-state index < -0.39 is 4.92 Å². The van der Waals surface area contributed by atoms with Crippen LogP contribution in [0.4, 0.5) is 5.69 Å². The molecule has 2 aromatic rings. The van der Waals surface area contributed by atoms with Crippen LogP contribution in [0.25, 0.3) is 0 Å². The maximum atomic E-state index is 12.4. The summed E-state index contributed by atoms with van der Waals surface area (Å²) in [5.74, 6) is -0.0493. The van der Waals surface area contributed by atoms with Gasteiger partial charge in [0, 0.05) is 28.5 Å². The van der Waals surface area contributed by atoms with Crippen LogP contribution in [-0.4, -0.2) is 41.6 Å². The minimum Gasteiger partial charge on any atom is -0.353 e. The van der Waals surface area contributed by atoms with E-state index in [0.29, 0.717) is 6.54 Å². The molecule has 0 bridgehead atoms. The zero-order valence-electron chi connectivity index (χ0n) is 14.3. The Morgan fingerprint density at radius 2 is 2.00 bits per heavy atom. The predicted octanol–water partition coefficient (Wildman–Crippen LogP) is 3.56. The molecule has 0 aliphatic rings. The molecular formula is C17H21N3O3S2. The number of nitrogens with one attached hydrogen (secondary N) is 1. The summed E-state index contributed by atoms with van der Waals surface area (Å²) in [5, 5.41) is 15.4. The normalized spacial score (nSPS) is 13.4. The lowest BCUT2D eigenvalue weighted by atomic mass is 10.2. The van der Waals surface area contributed by atoms with Crippen molar-refractivity contribution in [2.75, 3.05) is 20.6 Å². The van der Waals surface area contributed by atoms with Gasteiger partial charge in [0.25, 0.3) is 5.69 Å². The van der Waals surface area contributed by atoms with Crippen LogP contribution in [-0.2, 0) is 4.79 Å². The average molecular weight is 380 g/mol. The van der Waals surface area contributed by atoms with E-state index >= 15 is 0 Å². The molecule has 1 amide bonds. The molecule has 8 heteroatoms. The molecule has 0 saturated carbocycles. The number of amides is 1. The Morgan fingerprint density at radius 1 is 1.32 bits per heavy atom. The van der Waals surface area contributed by atoms with Gasteiger partial charge in [0.05, 0.1) is 16.2 Å². The van der Waals surface area contributed by atoms with Gasteiger partial charge in [-0.3, -0.25) is 14.9 Å². The van der Waals surface area contributed by atoms with Crippen molar-refractivity contribution in [3.8, 4) is 0 Å². The molecule has 2 atom stereocenters. The second-order valence-electron chi connectivity index (χ2n) is 5.75. The van der Waals surface area contributed by atoms with Crippen molar-refractivity contribution in [1.82, 2.24) is 10.2 Å². The number of rotatable bonds is 8. The first-order valence-electron chi connectivity index (χ1n) is 7.77. The molecule has 0 aliphatic carbocycles. The third-order valence-corrected chi connectivity index (χ3v) is 5.78. The molecule has 2 unspecified atom stereocenters. The summed E-state index contributed by atoms with van der Waals surface area (Å²) in [6.45, 7) is 2.37. The Kier molecular flexibility index (Phi) is 6.98. The van der Waals surface area contributed by atoms with Gasteiger partial charge in [0.2, 0.25) is 5.91 Å². The van der Waals surface area contributed by atoms with Crippen molar-refractivity contribution in [2.45, 2.75) is 23.1 Å². The molecule has 134 valence electrons. The number of hydrogen-bond donors (Lipinski definition) is 1.